The quantitative estimate of drug-likeness (QED) is 0.716. The van der Waals surface area contributed by atoms with Crippen molar-refractivity contribution in [1.29, 1.82) is 0 Å². The Morgan fingerprint density at radius 1 is 1.09 bits per heavy atom. The molecule has 0 bridgehead atoms. The second-order valence-electron chi connectivity index (χ2n) is 5.19. The molecule has 0 aliphatic heterocycles. The van der Waals surface area contributed by atoms with E-state index in [-0.39, 0.29) is 17.4 Å². The van der Waals surface area contributed by atoms with E-state index in [2.05, 4.69) is 0 Å². The molecule has 6 heteroatoms. The SMILES string of the molecule is CC(C)c1ccc(Oc2ccc(C(F)(F)F)cc2N)cc1Cl. The monoisotopic (exact) mass is 329 g/mol. The van der Waals surface area contributed by atoms with Crippen LogP contribution in [0.2, 0.25) is 5.02 Å². The van der Waals surface area contributed by atoms with Gasteiger partial charge in [-0.3, -0.25) is 0 Å². The van der Waals surface area contributed by atoms with E-state index >= 15 is 0 Å². The number of halogens is 4. The summed E-state index contributed by atoms with van der Waals surface area (Å²) in [6.45, 7) is 4.02. The number of benzene rings is 2. The molecule has 2 rings (SSSR count). The number of hydrogen-bond acceptors (Lipinski definition) is 2. The summed E-state index contributed by atoms with van der Waals surface area (Å²) in [7, 11) is 0. The van der Waals surface area contributed by atoms with Gasteiger partial charge in [0.1, 0.15) is 11.5 Å². The van der Waals surface area contributed by atoms with Crippen LogP contribution in [0.15, 0.2) is 36.4 Å². The second kappa shape index (κ2) is 6.08. The molecular weight excluding hydrogens is 315 g/mol. The van der Waals surface area contributed by atoms with Crippen molar-refractivity contribution in [3.8, 4) is 11.5 Å². The first-order chi connectivity index (χ1) is 10.2. The van der Waals surface area contributed by atoms with Gasteiger partial charge in [-0.15, -0.1) is 0 Å². The van der Waals surface area contributed by atoms with E-state index in [4.69, 9.17) is 22.1 Å². The summed E-state index contributed by atoms with van der Waals surface area (Å²) in [5.41, 5.74) is 5.69. The molecule has 0 atom stereocenters. The Morgan fingerprint density at radius 3 is 2.27 bits per heavy atom. The third-order valence-corrected chi connectivity index (χ3v) is 3.49. The zero-order valence-corrected chi connectivity index (χ0v) is 12.8. The maximum Gasteiger partial charge on any atom is 0.416 e. The van der Waals surface area contributed by atoms with Gasteiger partial charge in [-0.2, -0.15) is 13.2 Å². The van der Waals surface area contributed by atoms with Crippen LogP contribution in [0.5, 0.6) is 11.5 Å². The lowest BCUT2D eigenvalue weighted by molar-refractivity contribution is -0.137. The van der Waals surface area contributed by atoms with Crippen molar-refractivity contribution in [2.45, 2.75) is 25.9 Å². The van der Waals surface area contributed by atoms with Gasteiger partial charge in [0.05, 0.1) is 11.3 Å². The topological polar surface area (TPSA) is 35.2 Å². The zero-order chi connectivity index (χ0) is 16.5. The molecule has 2 aromatic carbocycles. The average Bonchev–Trinajstić information content (AvgIpc) is 2.39. The molecule has 2 aromatic rings. The van der Waals surface area contributed by atoms with Gasteiger partial charge in [0.2, 0.25) is 0 Å². The van der Waals surface area contributed by atoms with Crippen LogP contribution in [0, 0.1) is 0 Å². The van der Waals surface area contributed by atoms with Crippen LogP contribution in [0.3, 0.4) is 0 Å². The van der Waals surface area contributed by atoms with Crippen molar-refractivity contribution in [2.24, 2.45) is 0 Å². The van der Waals surface area contributed by atoms with E-state index in [9.17, 15) is 13.2 Å². The molecule has 0 aliphatic carbocycles. The highest BCUT2D eigenvalue weighted by Crippen LogP contribution is 2.36. The number of nitrogens with two attached hydrogens (primary N) is 1. The molecule has 0 fully saturated rings. The van der Waals surface area contributed by atoms with Crippen LogP contribution in [-0.2, 0) is 6.18 Å². The van der Waals surface area contributed by atoms with Gasteiger partial charge >= 0.3 is 6.18 Å². The Kier molecular flexibility index (Phi) is 4.56. The van der Waals surface area contributed by atoms with E-state index < -0.39 is 11.7 Å². The van der Waals surface area contributed by atoms with Crippen molar-refractivity contribution in [2.75, 3.05) is 5.73 Å². The maximum atomic E-state index is 12.6. The lowest BCUT2D eigenvalue weighted by Crippen LogP contribution is -2.06. The molecule has 0 amide bonds. The Morgan fingerprint density at radius 2 is 1.77 bits per heavy atom. The first-order valence-corrected chi connectivity index (χ1v) is 7.00. The number of ether oxygens (including phenoxy) is 1. The first kappa shape index (κ1) is 16.5. The number of rotatable bonds is 3. The van der Waals surface area contributed by atoms with Gasteiger partial charge in [0.15, 0.2) is 0 Å². The third-order valence-electron chi connectivity index (χ3n) is 3.16. The predicted octanol–water partition coefficient (Wildman–Crippen LogP) is 5.86. The van der Waals surface area contributed by atoms with E-state index in [0.717, 1.165) is 17.7 Å². The summed E-state index contributed by atoms with van der Waals surface area (Å²) in [5.74, 6) is 0.833. The van der Waals surface area contributed by atoms with E-state index in [1.807, 2.05) is 19.9 Å². The number of nitrogen functional groups attached to an aromatic ring is 1. The summed E-state index contributed by atoms with van der Waals surface area (Å²) >= 11 is 6.16. The molecule has 0 aromatic heterocycles. The fourth-order valence-corrected chi connectivity index (χ4v) is 2.37. The Hall–Kier alpha value is -1.88. The fraction of sp³-hybridized carbons (Fsp3) is 0.250. The minimum Gasteiger partial charge on any atom is -0.455 e. The molecule has 0 heterocycles. The van der Waals surface area contributed by atoms with Crippen LogP contribution in [0.1, 0.15) is 30.9 Å². The van der Waals surface area contributed by atoms with E-state index in [1.54, 1.807) is 12.1 Å². The van der Waals surface area contributed by atoms with Crippen molar-refractivity contribution in [3.05, 3.63) is 52.5 Å². The molecule has 0 aliphatic rings. The summed E-state index contributed by atoms with van der Waals surface area (Å²) in [4.78, 5) is 0. The Bertz CT molecular complexity index is 684. The number of hydrogen-bond donors (Lipinski definition) is 1. The normalized spacial score (nSPS) is 11.8. The van der Waals surface area contributed by atoms with Gasteiger partial charge in [-0.05, 0) is 41.8 Å². The number of anilines is 1. The highest BCUT2D eigenvalue weighted by molar-refractivity contribution is 6.31. The largest absolute Gasteiger partial charge is 0.455 e. The maximum absolute atomic E-state index is 12.6. The first-order valence-electron chi connectivity index (χ1n) is 6.62. The summed E-state index contributed by atoms with van der Waals surface area (Å²) < 4.78 is 43.3. The second-order valence-corrected chi connectivity index (χ2v) is 5.60. The van der Waals surface area contributed by atoms with Crippen molar-refractivity contribution >= 4 is 17.3 Å². The van der Waals surface area contributed by atoms with Crippen LogP contribution in [0.25, 0.3) is 0 Å². The van der Waals surface area contributed by atoms with E-state index in [1.165, 1.54) is 6.07 Å². The molecular formula is C16H15ClF3NO. The van der Waals surface area contributed by atoms with Gasteiger partial charge < -0.3 is 10.5 Å². The van der Waals surface area contributed by atoms with Crippen LogP contribution < -0.4 is 10.5 Å². The lowest BCUT2D eigenvalue weighted by Gasteiger charge is -2.13. The summed E-state index contributed by atoms with van der Waals surface area (Å²) in [6, 6.07) is 8.12. The van der Waals surface area contributed by atoms with Crippen molar-refractivity contribution in [3.63, 3.8) is 0 Å². The zero-order valence-electron chi connectivity index (χ0n) is 12.0. The summed E-state index contributed by atoms with van der Waals surface area (Å²) in [5, 5.41) is 0.540. The van der Waals surface area contributed by atoms with Crippen molar-refractivity contribution in [1.82, 2.24) is 0 Å². The molecule has 2 N–H and O–H groups in total. The predicted molar refractivity (Wildman–Crippen MR) is 81.5 cm³/mol. The lowest BCUT2D eigenvalue weighted by atomic mass is 10.0. The van der Waals surface area contributed by atoms with Gasteiger partial charge in [-0.1, -0.05) is 31.5 Å². The Balaban J connectivity index is 2.26. The molecule has 0 spiro atoms. The standard InChI is InChI=1S/C16H15ClF3NO/c1-9(2)12-5-4-11(8-13(12)17)22-15-6-3-10(7-14(15)21)16(18,19)20/h3-9H,21H2,1-2H3. The van der Waals surface area contributed by atoms with E-state index in [0.29, 0.717) is 10.8 Å². The molecule has 118 valence electrons. The average molecular weight is 330 g/mol. The minimum atomic E-state index is -4.44. The molecule has 0 radical (unpaired) electrons. The molecule has 2 nitrogen and oxygen atoms in total. The van der Waals surface area contributed by atoms with Crippen LogP contribution in [-0.4, -0.2) is 0 Å². The van der Waals surface area contributed by atoms with Gasteiger partial charge in [0.25, 0.3) is 0 Å². The molecule has 22 heavy (non-hydrogen) atoms. The number of alkyl halides is 3. The van der Waals surface area contributed by atoms with Gasteiger partial charge in [-0.25, -0.2) is 0 Å². The molecule has 0 saturated heterocycles. The highest BCUT2D eigenvalue weighted by atomic mass is 35.5. The Labute approximate surface area is 131 Å². The smallest absolute Gasteiger partial charge is 0.416 e. The molecule has 0 unspecified atom stereocenters. The van der Waals surface area contributed by atoms with Gasteiger partial charge in [0, 0.05) is 5.02 Å². The van der Waals surface area contributed by atoms with Crippen molar-refractivity contribution < 1.29 is 17.9 Å². The highest BCUT2D eigenvalue weighted by Gasteiger charge is 2.31. The van der Waals surface area contributed by atoms with Crippen LogP contribution in [0.4, 0.5) is 18.9 Å². The summed E-state index contributed by atoms with van der Waals surface area (Å²) in [6.07, 6.45) is -4.44. The third kappa shape index (κ3) is 3.65. The van der Waals surface area contributed by atoms with Crippen LogP contribution >= 0.6 is 11.6 Å². The minimum absolute atomic E-state index is 0.0844. The molecule has 0 saturated carbocycles. The fourth-order valence-electron chi connectivity index (χ4n) is 1.98.